The van der Waals surface area contributed by atoms with Gasteiger partial charge in [-0.05, 0) is 0 Å². The molecule has 8 heteroatoms. The molecular weight excluding hydrogens is 270 g/mol. The number of rotatable bonds is 1. The third-order valence-electron chi connectivity index (χ3n) is 3.41. The standard InChI is InChI=1S/C12H10F2N4O2/c1-17-9(19)4-8(11(17)20)18-7-3-5(13)2-6(14)10(7)16-12(18)15/h2-3,8H,4H2,1H3,(H2,15,16). The van der Waals surface area contributed by atoms with Crippen LogP contribution in [-0.4, -0.2) is 33.3 Å². The van der Waals surface area contributed by atoms with Gasteiger partial charge in [0.1, 0.15) is 17.4 Å². The Morgan fingerprint density at radius 1 is 1.35 bits per heavy atom. The normalized spacial score (nSPS) is 19.4. The third-order valence-corrected chi connectivity index (χ3v) is 3.41. The highest BCUT2D eigenvalue weighted by Crippen LogP contribution is 2.31. The number of benzene rings is 1. The average molecular weight is 280 g/mol. The zero-order chi connectivity index (χ0) is 14.6. The summed E-state index contributed by atoms with van der Waals surface area (Å²) in [6.07, 6.45) is -0.108. The first-order valence-corrected chi connectivity index (χ1v) is 5.83. The molecule has 2 amide bonds. The number of likely N-dealkylation sites (N-methyl/N-ethyl adjacent to an activating group) is 1. The molecule has 1 aromatic heterocycles. The Labute approximate surface area is 111 Å². The van der Waals surface area contributed by atoms with Gasteiger partial charge in [0.15, 0.2) is 5.82 Å². The first kappa shape index (κ1) is 12.5. The van der Waals surface area contributed by atoms with E-state index in [1.807, 2.05) is 0 Å². The molecule has 0 spiro atoms. The quantitative estimate of drug-likeness (QED) is 0.784. The molecule has 0 aliphatic carbocycles. The number of hydrogen-bond acceptors (Lipinski definition) is 4. The van der Waals surface area contributed by atoms with Crippen molar-refractivity contribution in [2.75, 3.05) is 12.8 Å². The van der Waals surface area contributed by atoms with Crippen molar-refractivity contribution in [2.45, 2.75) is 12.5 Å². The molecule has 1 aromatic carbocycles. The summed E-state index contributed by atoms with van der Waals surface area (Å²) in [4.78, 5) is 28.3. The molecule has 104 valence electrons. The molecule has 1 aliphatic rings. The Kier molecular flexibility index (Phi) is 2.50. The van der Waals surface area contributed by atoms with E-state index in [2.05, 4.69) is 4.98 Å². The monoisotopic (exact) mass is 280 g/mol. The van der Waals surface area contributed by atoms with E-state index < -0.39 is 23.6 Å². The van der Waals surface area contributed by atoms with Gasteiger partial charge in [-0.3, -0.25) is 19.1 Å². The zero-order valence-corrected chi connectivity index (χ0v) is 10.4. The van der Waals surface area contributed by atoms with E-state index in [4.69, 9.17) is 5.73 Å². The number of nitrogens with zero attached hydrogens (tertiary/aromatic N) is 3. The number of hydrogen-bond donors (Lipinski definition) is 1. The minimum Gasteiger partial charge on any atom is -0.369 e. The summed E-state index contributed by atoms with van der Waals surface area (Å²) < 4.78 is 28.2. The van der Waals surface area contributed by atoms with Crippen LogP contribution in [0.2, 0.25) is 0 Å². The fourth-order valence-corrected chi connectivity index (χ4v) is 2.40. The minimum absolute atomic E-state index is 0.0569. The van der Waals surface area contributed by atoms with Crippen LogP contribution >= 0.6 is 0 Å². The van der Waals surface area contributed by atoms with E-state index in [0.29, 0.717) is 6.07 Å². The van der Waals surface area contributed by atoms with Crippen molar-refractivity contribution in [1.29, 1.82) is 0 Å². The minimum atomic E-state index is -0.918. The Morgan fingerprint density at radius 3 is 2.65 bits per heavy atom. The van der Waals surface area contributed by atoms with Gasteiger partial charge in [0.25, 0.3) is 5.91 Å². The van der Waals surface area contributed by atoms with Crippen molar-refractivity contribution in [1.82, 2.24) is 14.5 Å². The maximum absolute atomic E-state index is 13.6. The summed E-state index contributed by atoms with van der Waals surface area (Å²) in [6.45, 7) is 0. The summed E-state index contributed by atoms with van der Waals surface area (Å²) in [5.41, 5.74) is 5.62. The number of anilines is 1. The van der Waals surface area contributed by atoms with E-state index >= 15 is 0 Å². The molecule has 6 nitrogen and oxygen atoms in total. The number of fused-ring (bicyclic) bond motifs is 1. The van der Waals surface area contributed by atoms with E-state index in [0.717, 1.165) is 11.0 Å². The number of nitrogens with two attached hydrogens (primary N) is 1. The van der Waals surface area contributed by atoms with Crippen LogP contribution in [0.5, 0.6) is 0 Å². The van der Waals surface area contributed by atoms with E-state index in [1.165, 1.54) is 11.6 Å². The number of aromatic nitrogens is 2. The largest absolute Gasteiger partial charge is 0.369 e. The molecule has 0 radical (unpaired) electrons. The van der Waals surface area contributed by atoms with Crippen LogP contribution in [0.4, 0.5) is 14.7 Å². The fourth-order valence-electron chi connectivity index (χ4n) is 2.40. The SMILES string of the molecule is CN1C(=O)CC(n2c(N)nc3c(F)cc(F)cc32)C1=O. The number of imidazole rings is 1. The molecule has 1 unspecified atom stereocenters. The second kappa shape index (κ2) is 3.99. The number of carbonyl (C=O) groups excluding carboxylic acids is 2. The molecule has 3 rings (SSSR count). The van der Waals surface area contributed by atoms with Gasteiger partial charge in [-0.25, -0.2) is 13.8 Å². The summed E-state index contributed by atoms with van der Waals surface area (Å²) in [5, 5.41) is 0. The van der Waals surface area contributed by atoms with Gasteiger partial charge in [0.05, 0.1) is 11.9 Å². The van der Waals surface area contributed by atoms with Crippen molar-refractivity contribution < 1.29 is 18.4 Å². The molecule has 1 fully saturated rings. The molecule has 0 bridgehead atoms. The number of imide groups is 1. The van der Waals surface area contributed by atoms with Crippen LogP contribution in [0.1, 0.15) is 12.5 Å². The topological polar surface area (TPSA) is 81.2 Å². The van der Waals surface area contributed by atoms with Crippen LogP contribution in [0, 0.1) is 11.6 Å². The average Bonchev–Trinajstić information content (AvgIpc) is 2.82. The molecule has 1 atom stereocenters. The van der Waals surface area contributed by atoms with Crippen molar-refractivity contribution in [2.24, 2.45) is 0 Å². The Morgan fingerprint density at radius 2 is 2.05 bits per heavy atom. The zero-order valence-electron chi connectivity index (χ0n) is 10.4. The Hall–Kier alpha value is -2.51. The van der Waals surface area contributed by atoms with E-state index in [-0.39, 0.29) is 29.3 Å². The van der Waals surface area contributed by atoms with Crippen molar-refractivity contribution in [3.05, 3.63) is 23.8 Å². The van der Waals surface area contributed by atoms with Gasteiger partial charge in [0, 0.05) is 19.2 Å². The Bertz CT molecular complexity index is 755. The summed E-state index contributed by atoms with van der Waals surface area (Å²) in [7, 11) is 1.35. The van der Waals surface area contributed by atoms with Crippen molar-refractivity contribution in [3.8, 4) is 0 Å². The van der Waals surface area contributed by atoms with Gasteiger partial charge in [-0.1, -0.05) is 0 Å². The van der Waals surface area contributed by atoms with Gasteiger partial charge in [-0.2, -0.15) is 0 Å². The molecule has 1 aliphatic heterocycles. The second-order valence-electron chi connectivity index (χ2n) is 4.61. The van der Waals surface area contributed by atoms with Gasteiger partial charge < -0.3 is 5.73 Å². The van der Waals surface area contributed by atoms with Crippen molar-refractivity contribution in [3.63, 3.8) is 0 Å². The lowest BCUT2D eigenvalue weighted by Crippen LogP contribution is -2.27. The summed E-state index contributed by atoms with van der Waals surface area (Å²) >= 11 is 0. The van der Waals surface area contributed by atoms with Gasteiger partial charge in [-0.15, -0.1) is 0 Å². The summed E-state index contributed by atoms with van der Waals surface area (Å²) in [6, 6.07) is 0.809. The lowest BCUT2D eigenvalue weighted by atomic mass is 10.2. The molecule has 1 saturated heterocycles. The first-order valence-electron chi connectivity index (χ1n) is 5.83. The van der Waals surface area contributed by atoms with Crippen LogP contribution in [0.3, 0.4) is 0 Å². The maximum atomic E-state index is 13.6. The van der Waals surface area contributed by atoms with Gasteiger partial charge in [0.2, 0.25) is 11.9 Å². The predicted molar refractivity (Wildman–Crippen MR) is 65.5 cm³/mol. The molecular formula is C12H10F2N4O2. The lowest BCUT2D eigenvalue weighted by Gasteiger charge is -2.12. The predicted octanol–water partition coefficient (Wildman–Crippen LogP) is 0.826. The number of amides is 2. The van der Waals surface area contributed by atoms with E-state index in [9.17, 15) is 18.4 Å². The highest BCUT2D eigenvalue weighted by atomic mass is 19.1. The number of carbonyl (C=O) groups is 2. The molecule has 2 heterocycles. The molecule has 2 aromatic rings. The van der Waals surface area contributed by atoms with Gasteiger partial charge >= 0.3 is 0 Å². The first-order chi connectivity index (χ1) is 9.40. The molecule has 20 heavy (non-hydrogen) atoms. The van der Waals surface area contributed by atoms with Crippen LogP contribution in [-0.2, 0) is 9.59 Å². The molecule has 0 saturated carbocycles. The highest BCUT2D eigenvalue weighted by molar-refractivity contribution is 6.05. The van der Waals surface area contributed by atoms with Crippen molar-refractivity contribution >= 4 is 28.8 Å². The van der Waals surface area contributed by atoms with Crippen LogP contribution in [0.25, 0.3) is 11.0 Å². The van der Waals surface area contributed by atoms with Crippen LogP contribution < -0.4 is 5.73 Å². The lowest BCUT2D eigenvalue weighted by molar-refractivity contribution is -0.137. The highest BCUT2D eigenvalue weighted by Gasteiger charge is 2.39. The Balaban J connectivity index is 2.24. The molecule has 2 N–H and O–H groups in total. The number of halogens is 2. The fraction of sp³-hybridized carbons (Fsp3) is 0.250. The maximum Gasteiger partial charge on any atom is 0.252 e. The second-order valence-corrected chi connectivity index (χ2v) is 4.61. The smallest absolute Gasteiger partial charge is 0.252 e. The van der Waals surface area contributed by atoms with E-state index in [1.54, 1.807) is 0 Å². The van der Waals surface area contributed by atoms with Crippen LogP contribution in [0.15, 0.2) is 12.1 Å². The number of nitrogen functional groups attached to an aromatic ring is 1. The third kappa shape index (κ3) is 1.57. The number of likely N-dealkylation sites (tertiary alicyclic amines) is 1. The summed E-state index contributed by atoms with van der Waals surface area (Å²) in [5.74, 6) is -2.66.